The van der Waals surface area contributed by atoms with Crippen LogP contribution in [0.5, 0.6) is 0 Å². The lowest BCUT2D eigenvalue weighted by Crippen LogP contribution is -2.12. The lowest BCUT2D eigenvalue weighted by Gasteiger charge is -2.04. The van der Waals surface area contributed by atoms with Crippen LogP contribution in [0.15, 0.2) is 60.7 Å². The van der Waals surface area contributed by atoms with E-state index in [9.17, 15) is 9.59 Å². The molecule has 2 aromatic carbocycles. The summed E-state index contributed by atoms with van der Waals surface area (Å²) in [5.74, 6) is -0.843. The highest BCUT2D eigenvalue weighted by atomic mass is 16.1. The monoisotopic (exact) mass is 360 g/mol. The molecule has 3 rings (SSSR count). The second-order valence-electron chi connectivity index (χ2n) is 6.10. The molecule has 0 aliphatic rings. The van der Waals surface area contributed by atoms with Gasteiger partial charge in [-0.15, -0.1) is 0 Å². The first-order valence-corrected chi connectivity index (χ1v) is 8.46. The van der Waals surface area contributed by atoms with Crippen LogP contribution < -0.4 is 11.1 Å². The minimum Gasteiger partial charge on any atom is -0.366 e. The Balaban J connectivity index is 1.78. The van der Waals surface area contributed by atoms with Crippen LogP contribution in [0.1, 0.15) is 27.3 Å². The summed E-state index contributed by atoms with van der Waals surface area (Å²) >= 11 is 0. The van der Waals surface area contributed by atoms with Gasteiger partial charge in [0.1, 0.15) is 0 Å². The number of nitrogens with one attached hydrogen (secondary N) is 1. The molecule has 0 aliphatic heterocycles. The van der Waals surface area contributed by atoms with Crippen molar-refractivity contribution in [3.05, 3.63) is 83.2 Å². The molecule has 0 radical (unpaired) electrons. The molecule has 0 saturated heterocycles. The van der Waals surface area contributed by atoms with Crippen molar-refractivity contribution in [1.82, 2.24) is 9.78 Å². The third kappa shape index (κ3) is 4.12. The van der Waals surface area contributed by atoms with E-state index in [1.807, 2.05) is 48.9 Å². The van der Waals surface area contributed by atoms with E-state index in [0.717, 1.165) is 22.6 Å². The fourth-order valence-corrected chi connectivity index (χ4v) is 2.81. The zero-order valence-corrected chi connectivity index (χ0v) is 15.1. The Kier molecular flexibility index (Phi) is 5.17. The van der Waals surface area contributed by atoms with Crippen LogP contribution in [0.2, 0.25) is 0 Å². The SMILES string of the molecule is Cc1nn(-c2ccccc2)c(C)c1C=CC(=O)Nc1cccc(C(N)=O)c1. The number of hydrogen-bond donors (Lipinski definition) is 2. The minimum absolute atomic E-state index is 0.303. The summed E-state index contributed by atoms with van der Waals surface area (Å²) in [7, 11) is 0. The molecular formula is C21H20N4O2. The number of benzene rings is 2. The first-order chi connectivity index (χ1) is 13.0. The molecule has 27 heavy (non-hydrogen) atoms. The summed E-state index contributed by atoms with van der Waals surface area (Å²) < 4.78 is 1.85. The van der Waals surface area contributed by atoms with Gasteiger partial charge in [0.15, 0.2) is 0 Å². The number of aryl methyl sites for hydroxylation is 1. The lowest BCUT2D eigenvalue weighted by molar-refractivity contribution is -0.111. The number of carbonyl (C=O) groups excluding carboxylic acids is 2. The number of para-hydroxylation sites is 1. The van der Waals surface area contributed by atoms with Gasteiger partial charge in [-0.2, -0.15) is 5.10 Å². The van der Waals surface area contributed by atoms with Gasteiger partial charge >= 0.3 is 0 Å². The van der Waals surface area contributed by atoms with Gasteiger partial charge in [-0.3, -0.25) is 9.59 Å². The molecule has 0 saturated carbocycles. The fraction of sp³-hybridized carbons (Fsp3) is 0.0952. The second kappa shape index (κ2) is 7.70. The highest BCUT2D eigenvalue weighted by molar-refractivity contribution is 6.03. The van der Waals surface area contributed by atoms with E-state index in [4.69, 9.17) is 5.73 Å². The molecule has 3 N–H and O–H groups in total. The summed E-state index contributed by atoms with van der Waals surface area (Å²) in [6.07, 6.45) is 3.19. The molecule has 0 aliphatic carbocycles. The smallest absolute Gasteiger partial charge is 0.248 e. The topological polar surface area (TPSA) is 90.0 Å². The van der Waals surface area contributed by atoms with E-state index in [1.54, 1.807) is 24.3 Å². The highest BCUT2D eigenvalue weighted by Crippen LogP contribution is 2.19. The van der Waals surface area contributed by atoms with Gasteiger partial charge in [0.25, 0.3) is 0 Å². The van der Waals surface area contributed by atoms with Gasteiger partial charge in [0.2, 0.25) is 11.8 Å². The van der Waals surface area contributed by atoms with Crippen molar-refractivity contribution >= 4 is 23.6 Å². The summed E-state index contributed by atoms with van der Waals surface area (Å²) in [5, 5.41) is 7.28. The first kappa shape index (κ1) is 18.1. The number of nitrogens with zero attached hydrogens (tertiary/aromatic N) is 2. The number of primary amides is 1. The number of amides is 2. The number of hydrogen-bond acceptors (Lipinski definition) is 3. The van der Waals surface area contributed by atoms with Crippen LogP contribution in [-0.4, -0.2) is 21.6 Å². The second-order valence-corrected chi connectivity index (χ2v) is 6.10. The maximum atomic E-state index is 12.2. The van der Waals surface area contributed by atoms with Crippen LogP contribution in [0.3, 0.4) is 0 Å². The molecule has 0 bridgehead atoms. The molecule has 0 fully saturated rings. The fourth-order valence-electron chi connectivity index (χ4n) is 2.81. The van der Waals surface area contributed by atoms with Crippen molar-refractivity contribution < 1.29 is 9.59 Å². The Morgan fingerprint density at radius 1 is 1.07 bits per heavy atom. The molecule has 6 nitrogen and oxygen atoms in total. The molecule has 136 valence electrons. The first-order valence-electron chi connectivity index (χ1n) is 8.46. The zero-order chi connectivity index (χ0) is 19.4. The summed E-state index contributed by atoms with van der Waals surface area (Å²) in [5.41, 5.74) is 9.73. The van der Waals surface area contributed by atoms with Gasteiger partial charge in [-0.1, -0.05) is 24.3 Å². The average molecular weight is 360 g/mol. The normalized spacial score (nSPS) is 10.9. The van der Waals surface area contributed by atoms with E-state index >= 15 is 0 Å². The molecule has 0 unspecified atom stereocenters. The van der Waals surface area contributed by atoms with Crippen LogP contribution in [0.25, 0.3) is 11.8 Å². The molecule has 3 aromatic rings. The number of anilines is 1. The maximum Gasteiger partial charge on any atom is 0.248 e. The van der Waals surface area contributed by atoms with E-state index in [0.29, 0.717) is 11.3 Å². The minimum atomic E-state index is -0.541. The molecule has 6 heteroatoms. The molecule has 0 spiro atoms. The predicted octanol–water partition coefficient (Wildman–Crippen LogP) is 3.24. The quantitative estimate of drug-likeness (QED) is 0.685. The Labute approximate surface area is 157 Å². The summed E-state index contributed by atoms with van der Waals surface area (Å²) in [4.78, 5) is 23.5. The van der Waals surface area contributed by atoms with Crippen molar-refractivity contribution in [2.75, 3.05) is 5.32 Å². The number of carbonyl (C=O) groups is 2. The average Bonchev–Trinajstić information content (AvgIpc) is 2.95. The van der Waals surface area contributed by atoms with Crippen LogP contribution in [-0.2, 0) is 4.79 Å². The van der Waals surface area contributed by atoms with E-state index in [2.05, 4.69) is 10.4 Å². The van der Waals surface area contributed by atoms with Gasteiger partial charge in [-0.25, -0.2) is 4.68 Å². The van der Waals surface area contributed by atoms with Crippen LogP contribution in [0, 0.1) is 13.8 Å². The van der Waals surface area contributed by atoms with Crippen molar-refractivity contribution in [2.45, 2.75) is 13.8 Å². The van der Waals surface area contributed by atoms with Crippen LogP contribution >= 0.6 is 0 Å². The number of nitrogens with two attached hydrogens (primary N) is 1. The van der Waals surface area contributed by atoms with Gasteiger partial charge in [0.05, 0.1) is 11.4 Å². The Hall–Kier alpha value is -3.67. The van der Waals surface area contributed by atoms with Gasteiger partial charge < -0.3 is 11.1 Å². The van der Waals surface area contributed by atoms with E-state index < -0.39 is 5.91 Å². The Morgan fingerprint density at radius 3 is 2.52 bits per heavy atom. The lowest BCUT2D eigenvalue weighted by atomic mass is 10.1. The van der Waals surface area contributed by atoms with Gasteiger partial charge in [0, 0.05) is 28.6 Å². The molecule has 1 heterocycles. The standard InChI is InChI=1S/C21H20N4O2/c1-14-19(15(2)25(24-14)18-9-4-3-5-10-18)11-12-20(26)23-17-8-6-7-16(13-17)21(22)27/h3-13H,1-2H3,(H2,22,27)(H,23,26). The number of rotatable bonds is 5. The van der Waals surface area contributed by atoms with Crippen LogP contribution in [0.4, 0.5) is 5.69 Å². The molecular weight excluding hydrogens is 340 g/mol. The highest BCUT2D eigenvalue weighted by Gasteiger charge is 2.11. The third-order valence-electron chi connectivity index (χ3n) is 4.16. The van der Waals surface area contributed by atoms with Crippen molar-refractivity contribution in [2.24, 2.45) is 5.73 Å². The van der Waals surface area contributed by atoms with Crippen molar-refractivity contribution in [3.63, 3.8) is 0 Å². The third-order valence-corrected chi connectivity index (χ3v) is 4.16. The summed E-state index contributed by atoms with van der Waals surface area (Å²) in [6.45, 7) is 3.86. The Morgan fingerprint density at radius 2 is 1.81 bits per heavy atom. The number of aromatic nitrogens is 2. The van der Waals surface area contributed by atoms with Gasteiger partial charge in [-0.05, 0) is 50.3 Å². The zero-order valence-electron chi connectivity index (χ0n) is 15.1. The van der Waals surface area contributed by atoms with Crippen molar-refractivity contribution in [1.29, 1.82) is 0 Å². The maximum absolute atomic E-state index is 12.2. The van der Waals surface area contributed by atoms with E-state index in [1.165, 1.54) is 12.1 Å². The molecule has 1 aromatic heterocycles. The Bertz CT molecular complexity index is 1020. The van der Waals surface area contributed by atoms with E-state index in [-0.39, 0.29) is 5.91 Å². The molecule has 2 amide bonds. The summed E-state index contributed by atoms with van der Waals surface area (Å²) in [6, 6.07) is 16.3. The largest absolute Gasteiger partial charge is 0.366 e. The predicted molar refractivity (Wildman–Crippen MR) is 106 cm³/mol. The molecule has 0 atom stereocenters. The van der Waals surface area contributed by atoms with Crippen molar-refractivity contribution in [3.8, 4) is 5.69 Å².